The van der Waals surface area contributed by atoms with Gasteiger partial charge in [-0.2, -0.15) is 0 Å². The van der Waals surface area contributed by atoms with Crippen LogP contribution in [0.1, 0.15) is 0 Å². The smallest absolute Gasteiger partial charge is 0.234 e. The van der Waals surface area contributed by atoms with Gasteiger partial charge in [0.1, 0.15) is 11.5 Å². The highest BCUT2D eigenvalue weighted by molar-refractivity contribution is 7.99. The van der Waals surface area contributed by atoms with Crippen LogP contribution in [0.2, 0.25) is 0 Å². The molecule has 1 amide bonds. The number of anilines is 1. The van der Waals surface area contributed by atoms with Crippen molar-refractivity contribution in [3.05, 3.63) is 35.7 Å². The van der Waals surface area contributed by atoms with Crippen LogP contribution >= 0.6 is 23.1 Å². The minimum absolute atomic E-state index is 0.164. The molecule has 0 atom stereocenters. The second-order valence-electron chi connectivity index (χ2n) is 4.88. The number of aromatic amines is 1. The SMILES string of the molecule is COc1cc(NC(=O)CSc2n[nH]c(-c3cccs3)n2)cc(OC)c1. The van der Waals surface area contributed by atoms with E-state index >= 15 is 0 Å². The molecule has 0 radical (unpaired) electrons. The van der Waals surface area contributed by atoms with Gasteiger partial charge in [-0.05, 0) is 11.4 Å². The Labute approximate surface area is 152 Å². The lowest BCUT2D eigenvalue weighted by atomic mass is 10.2. The van der Waals surface area contributed by atoms with Crippen molar-refractivity contribution in [3.63, 3.8) is 0 Å². The maximum absolute atomic E-state index is 12.1. The number of thiophene rings is 1. The number of amides is 1. The molecular weight excluding hydrogens is 360 g/mol. The van der Waals surface area contributed by atoms with E-state index in [1.54, 1.807) is 43.8 Å². The van der Waals surface area contributed by atoms with Crippen LogP contribution in [0.25, 0.3) is 10.7 Å². The van der Waals surface area contributed by atoms with Gasteiger partial charge in [-0.3, -0.25) is 9.89 Å². The first kappa shape index (κ1) is 17.3. The van der Waals surface area contributed by atoms with Crippen LogP contribution in [0.5, 0.6) is 11.5 Å². The van der Waals surface area contributed by atoms with Crippen molar-refractivity contribution in [2.24, 2.45) is 0 Å². The summed E-state index contributed by atoms with van der Waals surface area (Å²) < 4.78 is 10.4. The van der Waals surface area contributed by atoms with E-state index in [0.29, 0.717) is 28.2 Å². The fourth-order valence-corrected chi connectivity index (χ4v) is 3.30. The molecule has 0 bridgehead atoms. The average Bonchev–Trinajstić information content (AvgIpc) is 3.30. The molecule has 0 unspecified atom stereocenters. The van der Waals surface area contributed by atoms with E-state index in [2.05, 4.69) is 20.5 Å². The largest absolute Gasteiger partial charge is 0.497 e. The number of nitrogens with one attached hydrogen (secondary N) is 2. The fraction of sp³-hybridized carbons (Fsp3) is 0.188. The van der Waals surface area contributed by atoms with Crippen LogP contribution in [0.3, 0.4) is 0 Å². The summed E-state index contributed by atoms with van der Waals surface area (Å²) in [6.45, 7) is 0. The van der Waals surface area contributed by atoms with E-state index in [4.69, 9.17) is 9.47 Å². The first-order valence-electron chi connectivity index (χ1n) is 7.30. The predicted octanol–water partition coefficient (Wildman–Crippen LogP) is 3.28. The molecule has 9 heteroatoms. The van der Waals surface area contributed by atoms with E-state index in [1.165, 1.54) is 11.8 Å². The van der Waals surface area contributed by atoms with Gasteiger partial charge in [0.25, 0.3) is 0 Å². The van der Waals surface area contributed by atoms with Gasteiger partial charge < -0.3 is 14.8 Å². The first-order chi connectivity index (χ1) is 12.2. The number of nitrogens with zero attached hydrogens (tertiary/aromatic N) is 2. The third-order valence-corrected chi connectivity index (χ3v) is 4.91. The number of H-pyrrole nitrogens is 1. The minimum atomic E-state index is -0.164. The third kappa shape index (κ3) is 4.52. The molecule has 25 heavy (non-hydrogen) atoms. The fourth-order valence-electron chi connectivity index (χ4n) is 2.04. The van der Waals surface area contributed by atoms with Crippen molar-refractivity contribution in [1.29, 1.82) is 0 Å². The Morgan fingerprint density at radius 2 is 2.04 bits per heavy atom. The van der Waals surface area contributed by atoms with Gasteiger partial charge in [-0.25, -0.2) is 4.98 Å². The molecule has 3 rings (SSSR count). The lowest BCUT2D eigenvalue weighted by Gasteiger charge is -2.09. The molecule has 2 aromatic heterocycles. The zero-order valence-electron chi connectivity index (χ0n) is 13.6. The molecule has 2 N–H and O–H groups in total. The van der Waals surface area contributed by atoms with Crippen LogP contribution < -0.4 is 14.8 Å². The van der Waals surface area contributed by atoms with Crippen molar-refractivity contribution in [2.45, 2.75) is 5.16 Å². The van der Waals surface area contributed by atoms with E-state index in [0.717, 1.165) is 4.88 Å². The predicted molar refractivity (Wildman–Crippen MR) is 98.6 cm³/mol. The topological polar surface area (TPSA) is 89.1 Å². The first-order valence-corrected chi connectivity index (χ1v) is 9.16. The molecule has 0 aliphatic carbocycles. The number of aromatic nitrogens is 3. The number of rotatable bonds is 7. The molecule has 130 valence electrons. The second kappa shape index (κ2) is 8.04. The molecule has 2 heterocycles. The Hall–Kier alpha value is -2.52. The molecule has 1 aromatic carbocycles. The van der Waals surface area contributed by atoms with Gasteiger partial charge in [0.15, 0.2) is 5.82 Å². The summed E-state index contributed by atoms with van der Waals surface area (Å²) in [5.74, 6) is 1.95. The monoisotopic (exact) mass is 376 g/mol. The Bertz CT molecular complexity index is 827. The standard InChI is InChI=1S/C16H16N4O3S2/c1-22-11-6-10(7-12(8-11)23-2)17-14(21)9-25-16-18-15(19-20-16)13-4-3-5-24-13/h3-8H,9H2,1-2H3,(H,17,21)(H,18,19,20). The van der Waals surface area contributed by atoms with E-state index < -0.39 is 0 Å². The van der Waals surface area contributed by atoms with Crippen molar-refractivity contribution < 1.29 is 14.3 Å². The zero-order chi connectivity index (χ0) is 17.6. The van der Waals surface area contributed by atoms with Crippen molar-refractivity contribution in [1.82, 2.24) is 15.2 Å². The van der Waals surface area contributed by atoms with Gasteiger partial charge in [0, 0.05) is 23.9 Å². The van der Waals surface area contributed by atoms with Crippen molar-refractivity contribution in [2.75, 3.05) is 25.3 Å². The van der Waals surface area contributed by atoms with Crippen LogP contribution in [-0.2, 0) is 4.79 Å². The highest BCUT2D eigenvalue weighted by Gasteiger charge is 2.11. The molecule has 7 nitrogen and oxygen atoms in total. The van der Waals surface area contributed by atoms with E-state index in [1.807, 2.05) is 17.5 Å². The Balaban J connectivity index is 1.58. The summed E-state index contributed by atoms with van der Waals surface area (Å²) in [4.78, 5) is 17.5. The summed E-state index contributed by atoms with van der Waals surface area (Å²) in [7, 11) is 3.12. The number of carbonyl (C=O) groups excluding carboxylic acids is 1. The number of hydrogen-bond acceptors (Lipinski definition) is 7. The van der Waals surface area contributed by atoms with Crippen LogP contribution in [0, 0.1) is 0 Å². The molecule has 0 fully saturated rings. The highest BCUT2D eigenvalue weighted by atomic mass is 32.2. The molecule has 0 aliphatic rings. The highest BCUT2D eigenvalue weighted by Crippen LogP contribution is 2.26. The average molecular weight is 376 g/mol. The number of hydrogen-bond donors (Lipinski definition) is 2. The lowest BCUT2D eigenvalue weighted by Crippen LogP contribution is -2.14. The Morgan fingerprint density at radius 3 is 2.68 bits per heavy atom. The van der Waals surface area contributed by atoms with E-state index in [9.17, 15) is 4.79 Å². The molecule has 0 saturated heterocycles. The van der Waals surface area contributed by atoms with Crippen molar-refractivity contribution >= 4 is 34.7 Å². The van der Waals surface area contributed by atoms with Gasteiger partial charge in [0.05, 0.1) is 24.8 Å². The van der Waals surface area contributed by atoms with Gasteiger partial charge >= 0.3 is 0 Å². The number of thioether (sulfide) groups is 1. The molecule has 0 aliphatic heterocycles. The summed E-state index contributed by atoms with van der Waals surface area (Å²) in [6.07, 6.45) is 0. The normalized spacial score (nSPS) is 10.5. The quantitative estimate of drug-likeness (QED) is 0.615. The third-order valence-electron chi connectivity index (χ3n) is 3.19. The summed E-state index contributed by atoms with van der Waals surface area (Å²) in [5, 5.41) is 12.3. The minimum Gasteiger partial charge on any atom is -0.497 e. The van der Waals surface area contributed by atoms with Crippen LogP contribution in [0.15, 0.2) is 40.9 Å². The zero-order valence-corrected chi connectivity index (χ0v) is 15.2. The summed E-state index contributed by atoms with van der Waals surface area (Å²) in [5.41, 5.74) is 0.607. The van der Waals surface area contributed by atoms with Crippen molar-refractivity contribution in [3.8, 4) is 22.2 Å². The van der Waals surface area contributed by atoms with Gasteiger partial charge in [-0.1, -0.05) is 17.8 Å². The molecule has 0 spiro atoms. The van der Waals surface area contributed by atoms with Gasteiger partial charge in [0.2, 0.25) is 11.1 Å². The Morgan fingerprint density at radius 1 is 1.28 bits per heavy atom. The van der Waals surface area contributed by atoms with Crippen LogP contribution in [-0.4, -0.2) is 41.1 Å². The number of methoxy groups -OCH3 is 2. The maximum Gasteiger partial charge on any atom is 0.234 e. The second-order valence-corrected chi connectivity index (χ2v) is 6.77. The maximum atomic E-state index is 12.1. The number of carbonyl (C=O) groups is 1. The number of ether oxygens (including phenoxy) is 2. The van der Waals surface area contributed by atoms with Gasteiger partial charge in [-0.15, -0.1) is 16.4 Å². The molecule has 0 saturated carbocycles. The molecule has 3 aromatic rings. The lowest BCUT2D eigenvalue weighted by molar-refractivity contribution is -0.113. The molecular formula is C16H16N4O3S2. The Kier molecular flexibility index (Phi) is 5.56. The summed E-state index contributed by atoms with van der Waals surface area (Å²) >= 11 is 2.84. The van der Waals surface area contributed by atoms with Crippen LogP contribution in [0.4, 0.5) is 5.69 Å². The van der Waals surface area contributed by atoms with E-state index in [-0.39, 0.29) is 11.7 Å². The summed E-state index contributed by atoms with van der Waals surface area (Å²) in [6, 6.07) is 9.11. The number of benzene rings is 1.